The number of hydrogen-bond donors (Lipinski definition) is 0. The normalized spacial score (nSPS) is 15.0. The molecule has 0 N–H and O–H groups in total. The number of rotatable bonds is 5. The van der Waals surface area contributed by atoms with E-state index in [2.05, 4.69) is 62.3 Å². The van der Waals surface area contributed by atoms with Gasteiger partial charge in [0.15, 0.2) is 0 Å². The third-order valence-electron chi connectivity index (χ3n) is 3.36. The summed E-state index contributed by atoms with van der Waals surface area (Å²) in [5.41, 5.74) is 5.40. The first kappa shape index (κ1) is 20.9. The van der Waals surface area contributed by atoms with E-state index in [0.717, 1.165) is 13.0 Å². The van der Waals surface area contributed by atoms with Crippen molar-refractivity contribution in [3.8, 4) is 0 Å². The molecular weight excluding hydrogens is 341 g/mol. The molecule has 0 aromatic heterocycles. The Morgan fingerprint density at radius 1 is 1.24 bits per heavy atom. The fourth-order valence-electron chi connectivity index (χ4n) is 2.45. The Morgan fingerprint density at radius 2 is 1.90 bits per heavy atom. The maximum absolute atomic E-state index is 5.48. The third kappa shape index (κ3) is 5.56. The summed E-state index contributed by atoms with van der Waals surface area (Å²) in [6.45, 7) is 3.11. The molecule has 1 aromatic carbocycles. The van der Waals surface area contributed by atoms with Crippen LogP contribution < -0.4 is 24.8 Å². The molecule has 1 aliphatic carbocycles. The average molecular weight is 361 g/mol. The third-order valence-corrected chi connectivity index (χ3v) is 3.92. The van der Waals surface area contributed by atoms with E-state index in [-0.39, 0.29) is 30.9 Å². The Morgan fingerprint density at radius 3 is 2.52 bits per heavy atom. The molecular formula is C16H20Cl2NOTi. The zero-order valence-electron chi connectivity index (χ0n) is 12.6. The van der Waals surface area contributed by atoms with E-state index in [4.69, 9.17) is 3.32 Å². The van der Waals surface area contributed by atoms with Crippen LogP contribution in [0.3, 0.4) is 0 Å². The second-order valence-corrected chi connectivity index (χ2v) is 5.61. The van der Waals surface area contributed by atoms with Crippen molar-refractivity contribution in [3.05, 3.63) is 53.1 Å². The minimum absolute atomic E-state index is 0. The molecule has 2 nitrogen and oxygen atoms in total. The molecule has 1 aliphatic rings. The van der Waals surface area contributed by atoms with E-state index in [0.29, 0.717) is 0 Å². The molecule has 1 unspecified atom stereocenters. The number of hydrogen-bond acceptors (Lipinski definition) is 2. The van der Waals surface area contributed by atoms with Crippen LogP contribution in [-0.2, 0) is 24.1 Å². The van der Waals surface area contributed by atoms with Crippen molar-refractivity contribution in [2.24, 2.45) is 0 Å². The molecule has 5 heteroatoms. The summed E-state index contributed by atoms with van der Waals surface area (Å²) in [5.74, 6) is 0. The standard InChI is InChI=1S/C16H20NO.2ClH.Ti/c1-12(18)15-6-4-5-7-16(15)14-9-8-13(10-14)11-17(2)3;;;/h4-8,10,12H,9,11H2,1-3H3;2*1H;/q-1;;;+3/p-2. The van der Waals surface area contributed by atoms with Gasteiger partial charge in [0, 0.05) is 0 Å². The summed E-state index contributed by atoms with van der Waals surface area (Å²) in [5, 5.41) is 0. The van der Waals surface area contributed by atoms with Gasteiger partial charge in [0.2, 0.25) is 0 Å². The van der Waals surface area contributed by atoms with Gasteiger partial charge in [-0.3, -0.25) is 0 Å². The van der Waals surface area contributed by atoms with Crippen molar-refractivity contribution in [2.75, 3.05) is 20.6 Å². The maximum Gasteiger partial charge on any atom is -1.00 e. The van der Waals surface area contributed by atoms with Crippen molar-refractivity contribution in [1.29, 1.82) is 0 Å². The van der Waals surface area contributed by atoms with Gasteiger partial charge in [-0.05, 0) is 0 Å². The van der Waals surface area contributed by atoms with Crippen molar-refractivity contribution in [3.63, 3.8) is 0 Å². The molecule has 21 heavy (non-hydrogen) atoms. The van der Waals surface area contributed by atoms with E-state index in [1.54, 1.807) is 20.8 Å². The number of nitrogens with zero attached hydrogens (tertiary/aromatic N) is 1. The second-order valence-electron chi connectivity index (χ2n) is 5.24. The van der Waals surface area contributed by atoms with Crippen molar-refractivity contribution in [1.82, 2.24) is 4.90 Å². The van der Waals surface area contributed by atoms with Crippen LogP contribution in [-0.4, -0.2) is 25.5 Å². The molecule has 0 saturated carbocycles. The molecule has 0 radical (unpaired) electrons. The van der Waals surface area contributed by atoms with Crippen LogP contribution in [0.1, 0.15) is 30.6 Å². The van der Waals surface area contributed by atoms with Crippen LogP contribution in [0.25, 0.3) is 5.57 Å². The van der Waals surface area contributed by atoms with Crippen LogP contribution in [0.4, 0.5) is 0 Å². The predicted molar refractivity (Wildman–Crippen MR) is 75.2 cm³/mol. The van der Waals surface area contributed by atoms with Gasteiger partial charge < -0.3 is 24.8 Å². The fourth-order valence-corrected chi connectivity index (χ4v) is 2.65. The minimum atomic E-state index is 0. The van der Waals surface area contributed by atoms with Crippen LogP contribution in [0.15, 0.2) is 42.0 Å². The van der Waals surface area contributed by atoms with E-state index in [9.17, 15) is 0 Å². The van der Waals surface area contributed by atoms with E-state index >= 15 is 0 Å². The Hall–Kier alpha value is -0.0857. The van der Waals surface area contributed by atoms with Crippen LogP contribution in [0.2, 0.25) is 0 Å². The van der Waals surface area contributed by atoms with Crippen molar-refractivity contribution in [2.45, 2.75) is 19.4 Å². The predicted octanol–water partition coefficient (Wildman–Crippen LogP) is -2.49. The van der Waals surface area contributed by atoms with Gasteiger partial charge in [0.25, 0.3) is 0 Å². The van der Waals surface area contributed by atoms with E-state index in [1.165, 1.54) is 22.3 Å². The number of halogens is 2. The Labute approximate surface area is 152 Å². The molecule has 0 fully saturated rings. The number of likely N-dealkylation sites (N-methyl/N-ethyl adjacent to an activating group) is 1. The first-order valence-electron chi connectivity index (χ1n) is 6.58. The van der Waals surface area contributed by atoms with Crippen LogP contribution in [0, 0.1) is 0 Å². The van der Waals surface area contributed by atoms with Gasteiger partial charge in [-0.25, -0.2) is 0 Å². The summed E-state index contributed by atoms with van der Waals surface area (Å²) < 4.78 is 5.48. The quantitative estimate of drug-likeness (QED) is 0.539. The molecule has 0 aliphatic heterocycles. The SMILES string of the molecule is CC([O][Ti+2])c1ccccc1C1=CC(CN(C)C)=CC1.[Cl-].[Cl-]. The van der Waals surface area contributed by atoms with Gasteiger partial charge in [-0.15, -0.1) is 0 Å². The van der Waals surface area contributed by atoms with E-state index in [1.807, 2.05) is 0 Å². The second kappa shape index (κ2) is 9.84. The molecule has 0 amide bonds. The summed E-state index contributed by atoms with van der Waals surface area (Å²) in [6, 6.07) is 8.54. The summed E-state index contributed by atoms with van der Waals surface area (Å²) in [6.07, 6.45) is 5.80. The van der Waals surface area contributed by atoms with Crippen LogP contribution >= 0.6 is 0 Å². The molecule has 0 heterocycles. The first-order valence-corrected chi connectivity index (χ1v) is 7.21. The average Bonchev–Trinajstić information content (AvgIpc) is 2.85. The molecule has 1 aromatic rings. The molecule has 0 bridgehead atoms. The van der Waals surface area contributed by atoms with E-state index < -0.39 is 0 Å². The Balaban J connectivity index is 0.00000200. The summed E-state index contributed by atoms with van der Waals surface area (Å²) in [4.78, 5) is 2.20. The maximum atomic E-state index is 5.48. The first-order chi connectivity index (χ1) is 9.11. The Bertz CT molecular complexity index is 515. The van der Waals surface area contributed by atoms with Gasteiger partial charge in [-0.1, -0.05) is 0 Å². The summed E-state index contributed by atoms with van der Waals surface area (Å²) >= 11 is 1.76. The molecule has 1 atom stereocenters. The molecule has 0 spiro atoms. The van der Waals surface area contributed by atoms with Gasteiger partial charge >= 0.3 is 128 Å². The monoisotopic (exact) mass is 360 g/mol. The van der Waals surface area contributed by atoms with Crippen molar-refractivity contribution >= 4 is 5.57 Å². The topological polar surface area (TPSA) is 12.5 Å². The zero-order chi connectivity index (χ0) is 13.8. The van der Waals surface area contributed by atoms with Gasteiger partial charge in [0.1, 0.15) is 0 Å². The molecule has 113 valence electrons. The largest absolute Gasteiger partial charge is 1.00 e. The van der Waals surface area contributed by atoms with Crippen LogP contribution in [0.5, 0.6) is 0 Å². The van der Waals surface area contributed by atoms with Crippen molar-refractivity contribution < 1.29 is 49.0 Å². The van der Waals surface area contributed by atoms with Gasteiger partial charge in [-0.2, -0.15) is 0 Å². The minimum Gasteiger partial charge on any atom is -1.00 e. The molecule has 0 saturated heterocycles. The van der Waals surface area contributed by atoms with Gasteiger partial charge in [0.05, 0.1) is 0 Å². The number of allylic oxidation sites excluding steroid dienone is 2. The number of benzene rings is 1. The fraction of sp³-hybridized carbons (Fsp3) is 0.375. The Kier molecular flexibility index (Phi) is 9.79. The summed E-state index contributed by atoms with van der Waals surface area (Å²) in [7, 11) is 4.21. The zero-order valence-corrected chi connectivity index (χ0v) is 15.6. The smallest absolute Gasteiger partial charge is 1.00 e. The molecule has 2 rings (SSSR count).